The minimum absolute atomic E-state index is 0.743. The number of benzene rings is 3. The highest BCUT2D eigenvalue weighted by atomic mass is 35.5. The molecule has 0 saturated heterocycles. The molecule has 0 saturated carbocycles. The lowest BCUT2D eigenvalue weighted by Gasteiger charge is -2.06. The van der Waals surface area contributed by atoms with Gasteiger partial charge in [0.05, 0.1) is 10.2 Å². The van der Waals surface area contributed by atoms with E-state index in [0.29, 0.717) is 0 Å². The predicted molar refractivity (Wildman–Crippen MR) is 104 cm³/mol. The molecule has 0 aliphatic carbocycles. The average Bonchev–Trinajstić information content (AvgIpc) is 3.05. The van der Waals surface area contributed by atoms with Crippen LogP contribution in [-0.2, 0) is 0 Å². The summed E-state index contributed by atoms with van der Waals surface area (Å²) in [4.78, 5) is 4.82. The summed E-state index contributed by atoms with van der Waals surface area (Å²) in [7, 11) is 0. The van der Waals surface area contributed by atoms with Gasteiger partial charge in [0.1, 0.15) is 5.01 Å². The lowest BCUT2D eigenvalue weighted by Crippen LogP contribution is -1.87. The van der Waals surface area contributed by atoms with Gasteiger partial charge in [-0.15, -0.1) is 11.3 Å². The maximum absolute atomic E-state index is 6.36. The van der Waals surface area contributed by atoms with E-state index in [-0.39, 0.29) is 0 Å². The van der Waals surface area contributed by atoms with Crippen LogP contribution in [0.4, 0.5) is 0 Å². The normalized spacial score (nSPS) is 11.8. The molecule has 0 spiro atoms. The summed E-state index contributed by atoms with van der Waals surface area (Å²) in [5, 5.41) is 1.74. The van der Waals surface area contributed by atoms with Crippen LogP contribution in [0.5, 0.6) is 0 Å². The van der Waals surface area contributed by atoms with Gasteiger partial charge in [-0.05, 0) is 35.4 Å². The van der Waals surface area contributed by atoms with Crippen molar-refractivity contribution in [3.63, 3.8) is 0 Å². The summed E-state index contributed by atoms with van der Waals surface area (Å²) in [6.45, 7) is 0. The smallest absolute Gasteiger partial charge is 0.125 e. The van der Waals surface area contributed by atoms with Crippen molar-refractivity contribution in [2.45, 2.75) is 0 Å². The van der Waals surface area contributed by atoms with Crippen LogP contribution in [0.15, 0.2) is 78.9 Å². The third-order valence-electron chi connectivity index (χ3n) is 3.81. The van der Waals surface area contributed by atoms with Crippen LogP contribution in [0.1, 0.15) is 16.1 Å². The zero-order valence-corrected chi connectivity index (χ0v) is 14.4. The molecule has 1 nitrogen and oxygen atoms in total. The molecule has 24 heavy (non-hydrogen) atoms. The molecule has 0 aliphatic rings. The van der Waals surface area contributed by atoms with E-state index in [1.165, 1.54) is 4.70 Å². The van der Waals surface area contributed by atoms with Gasteiger partial charge in [0, 0.05) is 10.6 Å². The second kappa shape index (κ2) is 6.60. The Hall–Kier alpha value is -2.42. The fourth-order valence-corrected chi connectivity index (χ4v) is 3.82. The number of thiazole rings is 1. The lowest BCUT2D eigenvalue weighted by atomic mass is 10.0. The van der Waals surface area contributed by atoms with Crippen molar-refractivity contribution in [2.75, 3.05) is 0 Å². The number of rotatable bonds is 3. The molecule has 0 N–H and O–H groups in total. The van der Waals surface area contributed by atoms with E-state index in [1.807, 2.05) is 60.7 Å². The van der Waals surface area contributed by atoms with E-state index in [4.69, 9.17) is 16.6 Å². The number of hydrogen-bond acceptors (Lipinski definition) is 2. The van der Waals surface area contributed by atoms with Crippen molar-refractivity contribution < 1.29 is 0 Å². The number of halogens is 1. The van der Waals surface area contributed by atoms with E-state index in [2.05, 4.69) is 24.3 Å². The second-order valence-electron chi connectivity index (χ2n) is 5.43. The van der Waals surface area contributed by atoms with Crippen molar-refractivity contribution in [3.05, 3.63) is 100 Å². The minimum Gasteiger partial charge on any atom is -0.236 e. The highest BCUT2D eigenvalue weighted by Gasteiger charge is 2.11. The van der Waals surface area contributed by atoms with Crippen LogP contribution in [0, 0.1) is 0 Å². The van der Waals surface area contributed by atoms with E-state index < -0.39 is 0 Å². The Morgan fingerprint density at radius 2 is 1.54 bits per heavy atom. The van der Waals surface area contributed by atoms with E-state index in [9.17, 15) is 0 Å². The van der Waals surface area contributed by atoms with Crippen LogP contribution in [0.2, 0.25) is 5.02 Å². The molecule has 3 aromatic carbocycles. The third kappa shape index (κ3) is 2.99. The molecule has 1 heterocycles. The average molecular weight is 348 g/mol. The minimum atomic E-state index is 0.743. The van der Waals surface area contributed by atoms with Gasteiger partial charge in [-0.1, -0.05) is 72.3 Å². The fourth-order valence-electron chi connectivity index (χ4n) is 2.62. The van der Waals surface area contributed by atoms with Crippen molar-refractivity contribution in [3.8, 4) is 0 Å². The lowest BCUT2D eigenvalue weighted by molar-refractivity contribution is 1.43. The van der Waals surface area contributed by atoms with Crippen molar-refractivity contribution in [1.29, 1.82) is 0 Å². The monoisotopic (exact) mass is 347 g/mol. The summed E-state index contributed by atoms with van der Waals surface area (Å²) in [6, 6.07) is 26.4. The molecule has 0 aliphatic heterocycles. The van der Waals surface area contributed by atoms with Gasteiger partial charge in [0.15, 0.2) is 0 Å². The van der Waals surface area contributed by atoms with Crippen LogP contribution in [-0.4, -0.2) is 4.98 Å². The van der Waals surface area contributed by atoms with Crippen molar-refractivity contribution in [2.24, 2.45) is 0 Å². The predicted octanol–water partition coefficient (Wildman–Crippen LogP) is 6.54. The highest BCUT2D eigenvalue weighted by molar-refractivity contribution is 7.19. The fraction of sp³-hybridized carbons (Fsp3) is 0. The van der Waals surface area contributed by atoms with Gasteiger partial charge in [0.2, 0.25) is 0 Å². The first-order valence-corrected chi connectivity index (χ1v) is 8.88. The Morgan fingerprint density at radius 3 is 2.33 bits per heavy atom. The maximum atomic E-state index is 6.36. The number of aromatic nitrogens is 1. The zero-order valence-electron chi connectivity index (χ0n) is 12.8. The summed E-state index contributed by atoms with van der Waals surface area (Å²) in [5.74, 6) is 0. The molecule has 0 radical (unpaired) electrons. The maximum Gasteiger partial charge on any atom is 0.125 e. The molecule has 0 atom stereocenters. The van der Waals surface area contributed by atoms with Crippen molar-refractivity contribution in [1.82, 2.24) is 4.98 Å². The molecular weight excluding hydrogens is 334 g/mol. The van der Waals surface area contributed by atoms with Gasteiger partial charge in [-0.25, -0.2) is 4.98 Å². The first-order chi connectivity index (χ1) is 11.8. The van der Waals surface area contributed by atoms with Crippen LogP contribution in [0.3, 0.4) is 0 Å². The summed E-state index contributed by atoms with van der Waals surface area (Å²) in [6.07, 6.45) is 2.12. The molecule has 4 aromatic rings. The molecule has 4 rings (SSSR count). The quantitative estimate of drug-likeness (QED) is 0.383. The molecule has 3 heteroatoms. The second-order valence-corrected chi connectivity index (χ2v) is 6.87. The van der Waals surface area contributed by atoms with Gasteiger partial charge in [-0.2, -0.15) is 0 Å². The van der Waals surface area contributed by atoms with Crippen LogP contribution < -0.4 is 0 Å². The summed E-state index contributed by atoms with van der Waals surface area (Å²) in [5.41, 5.74) is 4.25. The number of para-hydroxylation sites is 1. The molecule has 0 amide bonds. The number of hydrogen-bond donors (Lipinski definition) is 0. The number of nitrogens with zero attached hydrogens (tertiary/aromatic N) is 1. The van der Waals surface area contributed by atoms with E-state index >= 15 is 0 Å². The van der Waals surface area contributed by atoms with E-state index in [0.717, 1.165) is 32.2 Å². The van der Waals surface area contributed by atoms with Gasteiger partial charge in [0.25, 0.3) is 0 Å². The SMILES string of the molecule is Clc1ccccc1/C=C(\c1ccccc1)c1nc2ccccc2s1. The Kier molecular flexibility index (Phi) is 4.16. The molecule has 0 unspecified atom stereocenters. The van der Waals surface area contributed by atoms with Gasteiger partial charge < -0.3 is 0 Å². The Morgan fingerprint density at radius 1 is 0.833 bits per heavy atom. The summed E-state index contributed by atoms with van der Waals surface area (Å²) >= 11 is 8.06. The molecule has 116 valence electrons. The first-order valence-electron chi connectivity index (χ1n) is 7.69. The topological polar surface area (TPSA) is 12.9 Å². The Balaban J connectivity index is 1.92. The Labute approximate surface area is 149 Å². The van der Waals surface area contributed by atoms with Gasteiger partial charge >= 0.3 is 0 Å². The van der Waals surface area contributed by atoms with Crippen LogP contribution >= 0.6 is 22.9 Å². The molecule has 0 fully saturated rings. The first kappa shape index (κ1) is 15.1. The molecule has 0 bridgehead atoms. The summed E-state index contributed by atoms with van der Waals surface area (Å²) < 4.78 is 1.19. The molecule has 1 aromatic heterocycles. The van der Waals surface area contributed by atoms with Gasteiger partial charge in [-0.3, -0.25) is 0 Å². The van der Waals surface area contributed by atoms with Crippen molar-refractivity contribution >= 4 is 44.8 Å². The van der Waals surface area contributed by atoms with E-state index in [1.54, 1.807) is 11.3 Å². The number of fused-ring (bicyclic) bond motifs is 1. The van der Waals surface area contributed by atoms with Crippen LogP contribution in [0.25, 0.3) is 21.9 Å². The standard InChI is InChI=1S/C21H14ClNS/c22-18-11-5-4-10-16(18)14-17(15-8-2-1-3-9-15)21-23-19-12-6-7-13-20(19)24-21/h1-14H/b17-14+. The zero-order chi connectivity index (χ0) is 16.4. The highest BCUT2D eigenvalue weighted by Crippen LogP contribution is 2.33. The third-order valence-corrected chi connectivity index (χ3v) is 5.23. The largest absolute Gasteiger partial charge is 0.236 e. The Bertz CT molecular complexity index is 985. The molecular formula is C21H14ClNS.